The molecule has 0 radical (unpaired) electrons. The van der Waals surface area contributed by atoms with Crippen LogP contribution in [0.3, 0.4) is 0 Å². The van der Waals surface area contributed by atoms with Crippen molar-refractivity contribution in [3.05, 3.63) is 204 Å². The molecule has 0 fully saturated rings. The van der Waals surface area contributed by atoms with Crippen molar-refractivity contribution in [3.63, 3.8) is 0 Å². The third-order valence-electron chi connectivity index (χ3n) is 11.4. The number of aromatic nitrogens is 2. The fourth-order valence-corrected chi connectivity index (χ4v) is 10.9. The van der Waals surface area contributed by atoms with Crippen LogP contribution >= 0.6 is 22.7 Å². The smallest absolute Gasteiger partial charge is 0.132 e. The number of benzene rings is 8. The Labute approximate surface area is 331 Å². The Hall–Kier alpha value is -6.66. The van der Waals surface area contributed by atoms with Gasteiger partial charge in [0.25, 0.3) is 0 Å². The van der Waals surface area contributed by atoms with Gasteiger partial charge in [-0.15, -0.1) is 22.7 Å². The van der Waals surface area contributed by atoms with Gasteiger partial charge in [0.05, 0.1) is 25.8 Å². The second-order valence-corrected chi connectivity index (χ2v) is 16.6. The first-order valence-corrected chi connectivity index (χ1v) is 20.4. The molecule has 0 atom stereocenters. The van der Waals surface area contributed by atoms with Crippen LogP contribution in [0.25, 0.3) is 75.0 Å². The molecule has 0 saturated carbocycles. The molecule has 0 N–H and O–H groups in total. The summed E-state index contributed by atoms with van der Waals surface area (Å²) < 4.78 is 8.91. The molecular weight excluding hydrogens is 721 g/mol. The minimum atomic E-state index is -0.476. The summed E-state index contributed by atoms with van der Waals surface area (Å²) in [4.78, 5) is 10.1. The molecule has 0 bridgehead atoms. The van der Waals surface area contributed by atoms with E-state index in [1.165, 1.54) is 53.9 Å². The lowest BCUT2D eigenvalue weighted by molar-refractivity contribution is 0.436. The second kappa shape index (κ2) is 12.2. The van der Waals surface area contributed by atoms with Gasteiger partial charge in [0.15, 0.2) is 0 Å². The lowest BCUT2D eigenvalue weighted by atomic mass is 9.66. The zero-order valence-corrected chi connectivity index (χ0v) is 31.6. The highest BCUT2D eigenvalue weighted by Gasteiger charge is 2.50. The third-order valence-corrected chi connectivity index (χ3v) is 13.6. The average molecular weight is 751 g/mol. The highest BCUT2D eigenvalue weighted by molar-refractivity contribution is 7.22. The number of nitrogens with zero attached hydrogens (tertiary/aromatic N) is 2. The highest BCUT2D eigenvalue weighted by atomic mass is 32.1. The van der Waals surface area contributed by atoms with Crippen LogP contribution in [0.2, 0.25) is 0 Å². The van der Waals surface area contributed by atoms with Crippen molar-refractivity contribution < 1.29 is 4.74 Å². The molecule has 1 aliphatic heterocycles. The fourth-order valence-electron chi connectivity index (χ4n) is 8.95. The van der Waals surface area contributed by atoms with Gasteiger partial charge in [-0.1, -0.05) is 115 Å². The van der Waals surface area contributed by atoms with E-state index in [0.29, 0.717) is 0 Å². The van der Waals surface area contributed by atoms with Gasteiger partial charge in [-0.25, -0.2) is 9.97 Å². The first-order valence-electron chi connectivity index (χ1n) is 18.8. The monoisotopic (exact) mass is 750 g/mol. The number of rotatable bonds is 4. The van der Waals surface area contributed by atoms with E-state index in [2.05, 4.69) is 182 Å². The summed E-state index contributed by atoms with van der Waals surface area (Å²) in [6, 6.07) is 65.6. The van der Waals surface area contributed by atoms with E-state index in [9.17, 15) is 0 Å². The summed E-state index contributed by atoms with van der Waals surface area (Å²) in [5.41, 5.74) is 15.8. The Balaban J connectivity index is 1.02. The summed E-state index contributed by atoms with van der Waals surface area (Å²) in [5.74, 6) is 1.81. The molecule has 3 heterocycles. The number of ether oxygens (including phenoxy) is 1. The Kier molecular flexibility index (Phi) is 6.88. The molecule has 10 aromatic rings. The summed E-state index contributed by atoms with van der Waals surface area (Å²) in [7, 11) is 0. The van der Waals surface area contributed by atoms with Crippen molar-refractivity contribution in [2.24, 2.45) is 0 Å². The van der Waals surface area contributed by atoms with E-state index in [4.69, 9.17) is 14.7 Å². The van der Waals surface area contributed by atoms with E-state index in [1.54, 1.807) is 22.7 Å². The minimum absolute atomic E-state index is 0.476. The van der Waals surface area contributed by atoms with E-state index in [-0.39, 0.29) is 0 Å². The molecule has 2 aliphatic rings. The van der Waals surface area contributed by atoms with E-state index in [0.717, 1.165) is 54.8 Å². The summed E-state index contributed by atoms with van der Waals surface area (Å²) >= 11 is 3.47. The van der Waals surface area contributed by atoms with Crippen molar-refractivity contribution in [1.29, 1.82) is 0 Å². The van der Waals surface area contributed by atoms with Crippen LogP contribution in [-0.2, 0) is 5.41 Å². The molecule has 8 aromatic carbocycles. The largest absolute Gasteiger partial charge is 0.457 e. The summed E-state index contributed by atoms with van der Waals surface area (Å²) in [6.45, 7) is 0. The Morgan fingerprint density at radius 1 is 0.357 bits per heavy atom. The molecule has 0 saturated heterocycles. The number of hydrogen-bond donors (Lipinski definition) is 0. The van der Waals surface area contributed by atoms with Gasteiger partial charge in [-0.2, -0.15) is 0 Å². The zero-order valence-electron chi connectivity index (χ0n) is 29.9. The van der Waals surface area contributed by atoms with Crippen molar-refractivity contribution in [1.82, 2.24) is 9.97 Å². The number of para-hydroxylation sites is 4. The SMILES string of the molecule is c1cc(-c2cc(-c3nc4ccccc4s3)cc(-c3nc4ccccc4s3)c2)cc(-c2ccc3c(c2)-c2ccccc2C32c3ccccc3Oc3ccccc32)c1. The van der Waals surface area contributed by atoms with Gasteiger partial charge in [0, 0.05) is 22.3 Å². The molecule has 5 heteroatoms. The van der Waals surface area contributed by atoms with Crippen LogP contribution in [0.5, 0.6) is 11.5 Å². The fraction of sp³-hybridized carbons (Fsp3) is 0.0196. The summed E-state index contributed by atoms with van der Waals surface area (Å²) in [5, 5.41) is 2.02. The van der Waals surface area contributed by atoms with Crippen LogP contribution < -0.4 is 4.74 Å². The highest BCUT2D eigenvalue weighted by Crippen LogP contribution is 2.62. The third kappa shape index (κ3) is 4.68. The first kappa shape index (κ1) is 31.7. The standard InChI is InChI=1S/C51H30N2OS2/c1-2-15-39-37(14-1)38-30-33(24-25-40(38)51(39)41-16-3-7-20-45(41)54-46-21-8-4-17-42(46)51)31-12-11-13-32(26-31)34-27-35(49-52-43-18-5-9-22-47(43)55-49)29-36(28-34)50-53-44-19-6-10-23-48(44)56-50/h1-30H. The van der Waals surface area contributed by atoms with Crippen molar-refractivity contribution in [3.8, 4) is 66.0 Å². The molecule has 0 amide bonds. The van der Waals surface area contributed by atoms with Gasteiger partial charge in [-0.05, 0) is 111 Å². The topological polar surface area (TPSA) is 35.0 Å². The maximum Gasteiger partial charge on any atom is 0.132 e. The normalized spacial score (nSPS) is 13.3. The zero-order chi connectivity index (χ0) is 36.8. The van der Waals surface area contributed by atoms with Crippen molar-refractivity contribution in [2.45, 2.75) is 5.41 Å². The molecule has 2 aromatic heterocycles. The number of thiazole rings is 2. The Morgan fingerprint density at radius 2 is 0.839 bits per heavy atom. The van der Waals surface area contributed by atoms with E-state index >= 15 is 0 Å². The predicted octanol–water partition coefficient (Wildman–Crippen LogP) is 14.0. The van der Waals surface area contributed by atoms with Crippen LogP contribution in [0.1, 0.15) is 22.3 Å². The van der Waals surface area contributed by atoms with Gasteiger partial charge in [-0.3, -0.25) is 0 Å². The van der Waals surface area contributed by atoms with Gasteiger partial charge in [0.2, 0.25) is 0 Å². The van der Waals surface area contributed by atoms with Crippen LogP contribution in [0.4, 0.5) is 0 Å². The van der Waals surface area contributed by atoms with Gasteiger partial charge >= 0.3 is 0 Å². The maximum absolute atomic E-state index is 6.54. The molecular formula is C51H30N2OS2. The number of hydrogen-bond acceptors (Lipinski definition) is 5. The van der Waals surface area contributed by atoms with E-state index < -0.39 is 5.41 Å². The molecule has 12 rings (SSSR count). The minimum Gasteiger partial charge on any atom is -0.457 e. The Bertz CT molecular complexity index is 3010. The van der Waals surface area contributed by atoms with Crippen molar-refractivity contribution in [2.75, 3.05) is 0 Å². The number of fused-ring (bicyclic) bond motifs is 11. The van der Waals surface area contributed by atoms with E-state index in [1.807, 2.05) is 0 Å². The molecule has 3 nitrogen and oxygen atoms in total. The average Bonchev–Trinajstić information content (AvgIpc) is 3.98. The van der Waals surface area contributed by atoms with Crippen LogP contribution in [-0.4, -0.2) is 9.97 Å². The lowest BCUT2D eigenvalue weighted by Gasteiger charge is -2.39. The summed E-state index contributed by atoms with van der Waals surface area (Å²) in [6.07, 6.45) is 0. The predicted molar refractivity (Wildman–Crippen MR) is 232 cm³/mol. The molecule has 0 unspecified atom stereocenters. The second-order valence-electron chi connectivity index (χ2n) is 14.5. The Morgan fingerprint density at radius 3 is 1.48 bits per heavy atom. The van der Waals surface area contributed by atoms with Crippen LogP contribution in [0.15, 0.2) is 182 Å². The molecule has 56 heavy (non-hydrogen) atoms. The molecule has 1 spiro atoms. The lowest BCUT2D eigenvalue weighted by Crippen LogP contribution is -2.32. The van der Waals surface area contributed by atoms with Crippen molar-refractivity contribution >= 4 is 43.1 Å². The first-order chi connectivity index (χ1) is 27.7. The van der Waals surface area contributed by atoms with Crippen LogP contribution in [0, 0.1) is 0 Å². The molecule has 1 aliphatic carbocycles. The maximum atomic E-state index is 6.54. The van der Waals surface area contributed by atoms with Gasteiger partial charge in [0.1, 0.15) is 21.5 Å². The molecule has 262 valence electrons. The quantitative estimate of drug-likeness (QED) is 0.180. The van der Waals surface area contributed by atoms with Gasteiger partial charge < -0.3 is 4.74 Å².